The first-order chi connectivity index (χ1) is 14.1. The van der Waals surface area contributed by atoms with Gasteiger partial charge in [-0.2, -0.15) is 0 Å². The van der Waals surface area contributed by atoms with Gasteiger partial charge in [-0.3, -0.25) is 4.79 Å². The Morgan fingerprint density at radius 3 is 2.21 bits per heavy atom. The van der Waals surface area contributed by atoms with Gasteiger partial charge in [0.25, 0.3) is 0 Å². The molecule has 0 N–H and O–H groups in total. The molecule has 0 radical (unpaired) electrons. The number of Topliss-reactive ketones (excluding diaryl/α,β-unsaturated/α-hetero) is 1. The first-order valence-corrected chi connectivity index (χ1v) is 9.32. The Kier molecular flexibility index (Phi) is 4.04. The minimum atomic E-state index is -0.327. The first-order valence-electron chi connectivity index (χ1n) is 9.32. The van der Waals surface area contributed by atoms with Crippen LogP contribution in [0, 0.1) is 0 Å². The number of ether oxygens (including phenoxy) is 6. The van der Waals surface area contributed by atoms with Crippen molar-refractivity contribution in [1.82, 2.24) is 0 Å². The lowest BCUT2D eigenvalue weighted by molar-refractivity contribution is -0.115. The van der Waals surface area contributed by atoms with Gasteiger partial charge < -0.3 is 28.4 Å². The van der Waals surface area contributed by atoms with E-state index in [9.17, 15) is 4.79 Å². The molecule has 0 amide bonds. The van der Waals surface area contributed by atoms with Crippen LogP contribution in [0.3, 0.4) is 0 Å². The maximum Gasteiger partial charge on any atom is 0.231 e. The molecule has 29 heavy (non-hydrogen) atoms. The Balaban J connectivity index is 1.74. The highest BCUT2D eigenvalue weighted by molar-refractivity contribution is 6.01. The summed E-state index contributed by atoms with van der Waals surface area (Å²) in [5.41, 5.74) is 2.37. The molecule has 3 aliphatic rings. The average molecular weight is 396 g/mol. The Hall–Kier alpha value is -3.35. The van der Waals surface area contributed by atoms with E-state index in [2.05, 4.69) is 0 Å². The van der Waals surface area contributed by atoms with Crippen molar-refractivity contribution in [3.63, 3.8) is 0 Å². The second-order valence-corrected chi connectivity index (χ2v) is 7.00. The van der Waals surface area contributed by atoms with Crippen LogP contribution in [0.1, 0.15) is 29.9 Å². The SMILES string of the molecule is COc1cc(C2C3=C(CCC3=O)Oc3cc4c(cc32)OCO4)cc(OC)c1OC. The highest BCUT2D eigenvalue weighted by Crippen LogP contribution is 2.53. The number of methoxy groups -OCH3 is 3. The summed E-state index contributed by atoms with van der Waals surface area (Å²) in [5, 5.41) is 0. The zero-order valence-electron chi connectivity index (χ0n) is 16.4. The predicted octanol–water partition coefficient (Wildman–Crippen LogP) is 3.58. The van der Waals surface area contributed by atoms with Crippen molar-refractivity contribution >= 4 is 5.78 Å². The fourth-order valence-corrected chi connectivity index (χ4v) is 4.24. The molecular formula is C22H20O7. The predicted molar refractivity (Wildman–Crippen MR) is 102 cm³/mol. The van der Waals surface area contributed by atoms with Crippen LogP contribution in [0.15, 0.2) is 35.6 Å². The van der Waals surface area contributed by atoms with Crippen LogP contribution in [0.2, 0.25) is 0 Å². The van der Waals surface area contributed by atoms with E-state index >= 15 is 0 Å². The number of ketones is 1. The lowest BCUT2D eigenvalue weighted by Crippen LogP contribution is -2.18. The van der Waals surface area contributed by atoms with Crippen molar-refractivity contribution in [3.8, 4) is 34.5 Å². The van der Waals surface area contributed by atoms with Gasteiger partial charge in [-0.05, 0) is 23.8 Å². The molecule has 7 nitrogen and oxygen atoms in total. The number of hydrogen-bond acceptors (Lipinski definition) is 7. The van der Waals surface area contributed by atoms with E-state index in [0.717, 1.165) is 11.1 Å². The van der Waals surface area contributed by atoms with E-state index in [0.29, 0.717) is 58.7 Å². The number of allylic oxidation sites excluding steroid dienone is 2. The molecule has 1 unspecified atom stereocenters. The van der Waals surface area contributed by atoms with Gasteiger partial charge in [-0.25, -0.2) is 0 Å². The van der Waals surface area contributed by atoms with Crippen LogP contribution in [0.25, 0.3) is 0 Å². The van der Waals surface area contributed by atoms with Crippen LogP contribution in [0.4, 0.5) is 0 Å². The fourth-order valence-electron chi connectivity index (χ4n) is 4.24. The monoisotopic (exact) mass is 396 g/mol. The number of carbonyl (C=O) groups excluding carboxylic acids is 1. The molecule has 0 aromatic heterocycles. The Labute approximate surface area is 167 Å². The van der Waals surface area contributed by atoms with E-state index in [-0.39, 0.29) is 18.5 Å². The minimum absolute atomic E-state index is 0.0852. The second-order valence-electron chi connectivity index (χ2n) is 7.00. The van der Waals surface area contributed by atoms with Gasteiger partial charge in [0.1, 0.15) is 11.5 Å². The van der Waals surface area contributed by atoms with Crippen LogP contribution >= 0.6 is 0 Å². The maximum absolute atomic E-state index is 12.8. The van der Waals surface area contributed by atoms with Gasteiger partial charge in [0, 0.05) is 36.0 Å². The molecule has 7 heteroatoms. The molecule has 0 bridgehead atoms. The summed E-state index contributed by atoms with van der Waals surface area (Å²) in [7, 11) is 4.70. The third-order valence-corrected chi connectivity index (χ3v) is 5.54. The molecule has 0 spiro atoms. The van der Waals surface area contributed by atoms with Gasteiger partial charge in [-0.1, -0.05) is 0 Å². The molecule has 5 rings (SSSR count). The van der Waals surface area contributed by atoms with Crippen LogP contribution < -0.4 is 28.4 Å². The van der Waals surface area contributed by atoms with Gasteiger partial charge >= 0.3 is 0 Å². The van der Waals surface area contributed by atoms with Crippen LogP contribution in [-0.2, 0) is 4.79 Å². The van der Waals surface area contributed by atoms with E-state index in [1.807, 2.05) is 24.3 Å². The summed E-state index contributed by atoms with van der Waals surface area (Å²) in [6.07, 6.45) is 1.02. The molecule has 2 heterocycles. The summed E-state index contributed by atoms with van der Waals surface area (Å²) in [4.78, 5) is 12.8. The molecule has 2 aromatic carbocycles. The molecule has 0 fully saturated rings. The van der Waals surface area contributed by atoms with Crippen LogP contribution in [-0.4, -0.2) is 33.9 Å². The minimum Gasteiger partial charge on any atom is -0.493 e. The average Bonchev–Trinajstić information content (AvgIpc) is 3.35. The van der Waals surface area contributed by atoms with Crippen molar-refractivity contribution < 1.29 is 33.2 Å². The first kappa shape index (κ1) is 17.7. The molecule has 2 aliphatic heterocycles. The second kappa shape index (κ2) is 6.62. The summed E-state index contributed by atoms with van der Waals surface area (Å²) in [5.74, 6) is 3.98. The quantitative estimate of drug-likeness (QED) is 0.782. The van der Waals surface area contributed by atoms with Gasteiger partial charge in [0.15, 0.2) is 28.8 Å². The summed E-state index contributed by atoms with van der Waals surface area (Å²) >= 11 is 0. The number of fused-ring (bicyclic) bond motifs is 2. The third-order valence-electron chi connectivity index (χ3n) is 5.54. The normalized spacial score (nSPS) is 18.9. The zero-order valence-corrected chi connectivity index (χ0v) is 16.4. The Morgan fingerprint density at radius 1 is 0.862 bits per heavy atom. The molecule has 1 atom stereocenters. The number of carbonyl (C=O) groups is 1. The van der Waals surface area contributed by atoms with Crippen molar-refractivity contribution in [2.24, 2.45) is 0 Å². The van der Waals surface area contributed by atoms with Crippen LogP contribution in [0.5, 0.6) is 34.5 Å². The van der Waals surface area contributed by atoms with Gasteiger partial charge in [-0.15, -0.1) is 0 Å². The molecule has 2 aromatic rings. The molecule has 0 saturated heterocycles. The van der Waals surface area contributed by atoms with E-state index in [1.54, 1.807) is 21.3 Å². The third kappa shape index (κ3) is 2.61. The van der Waals surface area contributed by atoms with Gasteiger partial charge in [0.05, 0.1) is 21.3 Å². The summed E-state index contributed by atoms with van der Waals surface area (Å²) < 4.78 is 33.7. The van der Waals surface area contributed by atoms with Crippen molar-refractivity contribution in [1.29, 1.82) is 0 Å². The topological polar surface area (TPSA) is 72.5 Å². The van der Waals surface area contributed by atoms with E-state index < -0.39 is 0 Å². The Bertz CT molecular complexity index is 1030. The number of rotatable bonds is 4. The molecule has 0 saturated carbocycles. The molecular weight excluding hydrogens is 376 g/mol. The number of hydrogen-bond donors (Lipinski definition) is 0. The van der Waals surface area contributed by atoms with Crippen molar-refractivity contribution in [3.05, 3.63) is 46.7 Å². The smallest absolute Gasteiger partial charge is 0.231 e. The Morgan fingerprint density at radius 2 is 1.55 bits per heavy atom. The summed E-state index contributed by atoms with van der Waals surface area (Å²) in [6, 6.07) is 7.47. The lowest BCUT2D eigenvalue weighted by atomic mass is 9.81. The molecule has 150 valence electrons. The standard InChI is InChI=1S/C22H20O7/c1-24-18-6-11(7-19(25-2)22(18)26-3)20-12-8-16-17(28-10-27-16)9-15(12)29-14-5-4-13(23)21(14)20/h6-9,20H,4-5,10H2,1-3H3. The highest BCUT2D eigenvalue weighted by atomic mass is 16.7. The fraction of sp³-hybridized carbons (Fsp3) is 0.318. The number of benzene rings is 2. The van der Waals surface area contributed by atoms with Gasteiger partial charge in [0.2, 0.25) is 12.5 Å². The lowest BCUT2D eigenvalue weighted by Gasteiger charge is -2.28. The van der Waals surface area contributed by atoms with Crippen molar-refractivity contribution in [2.45, 2.75) is 18.8 Å². The molecule has 1 aliphatic carbocycles. The largest absolute Gasteiger partial charge is 0.493 e. The van der Waals surface area contributed by atoms with E-state index in [1.165, 1.54) is 0 Å². The van der Waals surface area contributed by atoms with Crippen molar-refractivity contribution in [2.75, 3.05) is 28.1 Å². The highest BCUT2D eigenvalue weighted by Gasteiger charge is 2.40. The van der Waals surface area contributed by atoms with E-state index in [4.69, 9.17) is 28.4 Å². The summed E-state index contributed by atoms with van der Waals surface area (Å²) in [6.45, 7) is 0.166. The zero-order chi connectivity index (χ0) is 20.1. The maximum atomic E-state index is 12.8.